The summed E-state index contributed by atoms with van der Waals surface area (Å²) in [6.07, 6.45) is 0. The van der Waals surface area contributed by atoms with Crippen molar-refractivity contribution in [2.45, 2.75) is 0 Å². The van der Waals surface area contributed by atoms with Gasteiger partial charge in [0.1, 0.15) is 6.54 Å². The summed E-state index contributed by atoms with van der Waals surface area (Å²) in [5, 5.41) is 7.59. The minimum Gasteiger partial charge on any atom is -0.353 e. The molecule has 3 N–H and O–H groups in total. The number of fused-ring (bicyclic) bond motifs is 1. The number of nitrogens with zero attached hydrogens (tertiary/aromatic N) is 1. The lowest BCUT2D eigenvalue weighted by Gasteiger charge is -2.14. The SMILES string of the molecule is O=C(CNC(=O)c1ccccc1)NCCNC(=O)CN1C(=O)c2ccccc2C1=O. The van der Waals surface area contributed by atoms with E-state index in [0.717, 1.165) is 4.90 Å². The molecule has 1 heterocycles. The molecule has 2 aromatic rings. The summed E-state index contributed by atoms with van der Waals surface area (Å²) in [7, 11) is 0. The van der Waals surface area contributed by atoms with E-state index in [0.29, 0.717) is 5.56 Å². The number of imide groups is 1. The van der Waals surface area contributed by atoms with Crippen molar-refractivity contribution in [3.8, 4) is 0 Å². The molecule has 0 bridgehead atoms. The summed E-state index contributed by atoms with van der Waals surface area (Å²) < 4.78 is 0. The van der Waals surface area contributed by atoms with Gasteiger partial charge in [0.15, 0.2) is 0 Å². The smallest absolute Gasteiger partial charge is 0.262 e. The minimum atomic E-state index is -0.517. The van der Waals surface area contributed by atoms with Crippen molar-refractivity contribution in [1.82, 2.24) is 20.9 Å². The van der Waals surface area contributed by atoms with Gasteiger partial charge in [0.25, 0.3) is 17.7 Å². The summed E-state index contributed by atoms with van der Waals surface area (Å²) in [5.41, 5.74) is 1.01. The average molecular weight is 408 g/mol. The predicted molar refractivity (Wildman–Crippen MR) is 107 cm³/mol. The van der Waals surface area contributed by atoms with Gasteiger partial charge in [0.05, 0.1) is 17.7 Å². The number of benzene rings is 2. The second kappa shape index (κ2) is 9.46. The van der Waals surface area contributed by atoms with Crippen molar-refractivity contribution in [2.24, 2.45) is 0 Å². The molecule has 0 unspecified atom stereocenters. The van der Waals surface area contributed by atoms with Gasteiger partial charge >= 0.3 is 0 Å². The molecular weight excluding hydrogens is 388 g/mol. The van der Waals surface area contributed by atoms with Crippen LogP contribution in [-0.4, -0.2) is 60.6 Å². The molecule has 0 radical (unpaired) electrons. The molecule has 0 aromatic heterocycles. The van der Waals surface area contributed by atoms with Crippen molar-refractivity contribution in [2.75, 3.05) is 26.2 Å². The molecule has 0 atom stereocenters. The van der Waals surface area contributed by atoms with Gasteiger partial charge in [-0.05, 0) is 24.3 Å². The normalized spacial score (nSPS) is 12.3. The van der Waals surface area contributed by atoms with Crippen LogP contribution >= 0.6 is 0 Å². The highest BCUT2D eigenvalue weighted by molar-refractivity contribution is 6.22. The topological polar surface area (TPSA) is 125 Å². The van der Waals surface area contributed by atoms with E-state index in [1.54, 1.807) is 54.6 Å². The fourth-order valence-corrected chi connectivity index (χ4v) is 2.90. The van der Waals surface area contributed by atoms with Gasteiger partial charge in [-0.3, -0.25) is 28.9 Å². The van der Waals surface area contributed by atoms with E-state index in [-0.39, 0.29) is 36.7 Å². The molecule has 3 rings (SSSR count). The Kier molecular flexibility index (Phi) is 6.53. The van der Waals surface area contributed by atoms with E-state index in [1.165, 1.54) is 0 Å². The number of amides is 5. The lowest BCUT2D eigenvalue weighted by molar-refractivity contribution is -0.122. The van der Waals surface area contributed by atoms with E-state index < -0.39 is 30.2 Å². The second-order valence-corrected chi connectivity index (χ2v) is 6.49. The second-order valence-electron chi connectivity index (χ2n) is 6.49. The summed E-state index contributed by atoms with van der Waals surface area (Å²) in [5.74, 6) is -2.30. The van der Waals surface area contributed by atoms with Gasteiger partial charge in [-0.25, -0.2) is 0 Å². The molecular formula is C21H20N4O5. The zero-order chi connectivity index (χ0) is 21.5. The Balaban J connectivity index is 1.34. The number of hydrogen-bond acceptors (Lipinski definition) is 5. The highest BCUT2D eigenvalue weighted by atomic mass is 16.2. The van der Waals surface area contributed by atoms with Gasteiger partial charge in [-0.1, -0.05) is 30.3 Å². The van der Waals surface area contributed by atoms with E-state index in [1.807, 2.05) is 0 Å². The van der Waals surface area contributed by atoms with E-state index in [2.05, 4.69) is 16.0 Å². The van der Waals surface area contributed by atoms with Crippen LogP contribution in [-0.2, 0) is 9.59 Å². The van der Waals surface area contributed by atoms with Crippen molar-refractivity contribution >= 4 is 29.5 Å². The Bertz CT molecular complexity index is 955. The Morgan fingerprint density at radius 1 is 0.700 bits per heavy atom. The number of nitrogens with one attached hydrogen (secondary N) is 3. The number of carbonyl (C=O) groups is 5. The first-order valence-corrected chi connectivity index (χ1v) is 9.29. The van der Waals surface area contributed by atoms with Crippen LogP contribution in [0.1, 0.15) is 31.1 Å². The summed E-state index contributed by atoms with van der Waals surface area (Å²) >= 11 is 0. The van der Waals surface area contributed by atoms with Gasteiger partial charge in [-0.15, -0.1) is 0 Å². The van der Waals surface area contributed by atoms with Crippen molar-refractivity contribution < 1.29 is 24.0 Å². The molecule has 0 saturated heterocycles. The Hall–Kier alpha value is -4.01. The molecule has 0 fully saturated rings. The highest BCUT2D eigenvalue weighted by Gasteiger charge is 2.36. The Morgan fingerprint density at radius 2 is 1.23 bits per heavy atom. The summed E-state index contributed by atoms with van der Waals surface area (Å²) in [4.78, 5) is 61.0. The molecule has 0 saturated carbocycles. The molecule has 30 heavy (non-hydrogen) atoms. The molecule has 5 amide bonds. The van der Waals surface area contributed by atoms with Crippen LogP contribution < -0.4 is 16.0 Å². The molecule has 0 spiro atoms. The lowest BCUT2D eigenvalue weighted by atomic mass is 10.1. The molecule has 1 aliphatic rings. The van der Waals surface area contributed by atoms with Crippen molar-refractivity contribution in [3.63, 3.8) is 0 Å². The van der Waals surface area contributed by atoms with Gasteiger partial charge in [-0.2, -0.15) is 0 Å². The van der Waals surface area contributed by atoms with Crippen LogP contribution in [0.3, 0.4) is 0 Å². The van der Waals surface area contributed by atoms with Crippen LogP contribution in [0.15, 0.2) is 54.6 Å². The Labute approximate surface area is 172 Å². The molecule has 9 heteroatoms. The van der Waals surface area contributed by atoms with Gasteiger partial charge in [0.2, 0.25) is 11.8 Å². The third-order valence-electron chi connectivity index (χ3n) is 4.39. The van der Waals surface area contributed by atoms with Crippen LogP contribution in [0.5, 0.6) is 0 Å². The first kappa shape index (κ1) is 20.7. The van der Waals surface area contributed by atoms with Crippen LogP contribution in [0, 0.1) is 0 Å². The van der Waals surface area contributed by atoms with E-state index in [9.17, 15) is 24.0 Å². The zero-order valence-electron chi connectivity index (χ0n) is 16.0. The molecule has 2 aromatic carbocycles. The number of rotatable bonds is 8. The maximum absolute atomic E-state index is 12.2. The van der Waals surface area contributed by atoms with Crippen LogP contribution in [0.25, 0.3) is 0 Å². The summed E-state index contributed by atoms with van der Waals surface area (Å²) in [6.45, 7) is -0.349. The van der Waals surface area contributed by atoms with E-state index >= 15 is 0 Å². The number of hydrogen-bond donors (Lipinski definition) is 3. The monoisotopic (exact) mass is 408 g/mol. The highest BCUT2D eigenvalue weighted by Crippen LogP contribution is 2.21. The fourth-order valence-electron chi connectivity index (χ4n) is 2.90. The van der Waals surface area contributed by atoms with Crippen molar-refractivity contribution in [3.05, 3.63) is 71.3 Å². The third kappa shape index (κ3) is 4.88. The van der Waals surface area contributed by atoms with Crippen LogP contribution in [0.4, 0.5) is 0 Å². The minimum absolute atomic E-state index is 0.111. The summed E-state index contributed by atoms with van der Waals surface area (Å²) in [6, 6.07) is 14.9. The maximum atomic E-state index is 12.2. The zero-order valence-corrected chi connectivity index (χ0v) is 16.0. The first-order chi connectivity index (χ1) is 14.5. The molecule has 9 nitrogen and oxygen atoms in total. The third-order valence-corrected chi connectivity index (χ3v) is 4.39. The van der Waals surface area contributed by atoms with Crippen LogP contribution in [0.2, 0.25) is 0 Å². The maximum Gasteiger partial charge on any atom is 0.262 e. The Morgan fingerprint density at radius 3 is 1.83 bits per heavy atom. The standard InChI is InChI=1S/C21H20N4O5/c26-17(12-24-19(28)14-6-2-1-3-7-14)22-10-11-23-18(27)13-25-20(29)15-8-4-5-9-16(15)21(25)30/h1-9H,10-13H2,(H,22,26)(H,23,27)(H,24,28). The average Bonchev–Trinajstić information content (AvgIpc) is 3.00. The quantitative estimate of drug-likeness (QED) is 0.417. The first-order valence-electron chi connectivity index (χ1n) is 9.29. The lowest BCUT2D eigenvalue weighted by Crippen LogP contribution is -2.44. The fraction of sp³-hybridized carbons (Fsp3) is 0.190. The predicted octanol–water partition coefficient (Wildman–Crippen LogP) is -0.0550. The van der Waals surface area contributed by atoms with E-state index in [4.69, 9.17) is 0 Å². The molecule has 0 aliphatic carbocycles. The molecule has 154 valence electrons. The van der Waals surface area contributed by atoms with Gasteiger partial charge < -0.3 is 16.0 Å². The number of carbonyl (C=O) groups excluding carboxylic acids is 5. The molecule has 1 aliphatic heterocycles. The van der Waals surface area contributed by atoms with Gasteiger partial charge in [0, 0.05) is 18.7 Å². The largest absolute Gasteiger partial charge is 0.353 e. The van der Waals surface area contributed by atoms with Crippen molar-refractivity contribution in [1.29, 1.82) is 0 Å².